The largest absolute Gasteiger partial charge is 0.353 e. The maximum atomic E-state index is 5.04. The van der Waals surface area contributed by atoms with Crippen molar-refractivity contribution >= 4 is 28.7 Å². The van der Waals surface area contributed by atoms with E-state index in [-0.39, 0.29) is 0 Å². The highest BCUT2D eigenvalue weighted by Crippen LogP contribution is 2.36. The molecule has 6 heteroatoms. The SMILES string of the molecule is C=CN(C)C(=N/C(=C\C)C(=C)NC1=CCN=C1)c1nc2ccc(C(=C)C)cc2n1C1CCC1. The molecule has 1 aromatic heterocycles. The lowest BCUT2D eigenvalue weighted by atomic mass is 9.92. The number of hydrogen-bond donors (Lipinski definition) is 1. The first-order valence-electron chi connectivity index (χ1n) is 11.4. The van der Waals surface area contributed by atoms with E-state index >= 15 is 0 Å². The fourth-order valence-electron chi connectivity index (χ4n) is 4.00. The molecule has 1 aromatic carbocycles. The highest BCUT2D eigenvalue weighted by atomic mass is 15.2. The third-order valence-corrected chi connectivity index (χ3v) is 6.18. The van der Waals surface area contributed by atoms with Crippen LogP contribution in [0.15, 0.2) is 83.4 Å². The normalized spacial score (nSPS) is 16.5. The van der Waals surface area contributed by atoms with Crippen LogP contribution in [0.4, 0.5) is 0 Å². The summed E-state index contributed by atoms with van der Waals surface area (Å²) in [6.07, 6.45) is 11.1. The van der Waals surface area contributed by atoms with Crippen molar-refractivity contribution in [3.8, 4) is 0 Å². The Hall–Kier alpha value is -3.67. The minimum Gasteiger partial charge on any atom is -0.353 e. The Morgan fingerprint density at radius 1 is 1.30 bits per heavy atom. The van der Waals surface area contributed by atoms with E-state index in [0.29, 0.717) is 18.3 Å². The number of aromatic nitrogens is 2. The van der Waals surface area contributed by atoms with Gasteiger partial charge in [0.15, 0.2) is 11.7 Å². The van der Waals surface area contributed by atoms with Crippen LogP contribution >= 0.6 is 0 Å². The predicted molar refractivity (Wildman–Crippen MR) is 139 cm³/mol. The average Bonchev–Trinajstić information content (AvgIpc) is 3.40. The minimum absolute atomic E-state index is 0.407. The fraction of sp³-hybridized carbons (Fsp3) is 0.296. The molecule has 0 amide bonds. The summed E-state index contributed by atoms with van der Waals surface area (Å²) in [5.74, 6) is 1.57. The van der Waals surface area contributed by atoms with Gasteiger partial charge in [-0.25, -0.2) is 9.98 Å². The van der Waals surface area contributed by atoms with Gasteiger partial charge in [0.25, 0.3) is 0 Å². The van der Waals surface area contributed by atoms with Crippen molar-refractivity contribution in [2.24, 2.45) is 9.98 Å². The quantitative estimate of drug-likeness (QED) is 0.331. The lowest BCUT2D eigenvalue weighted by Crippen LogP contribution is -2.29. The van der Waals surface area contributed by atoms with Crippen LogP contribution in [0.5, 0.6) is 0 Å². The molecule has 0 unspecified atom stereocenters. The molecule has 0 spiro atoms. The lowest BCUT2D eigenvalue weighted by molar-refractivity contribution is 0.318. The summed E-state index contributed by atoms with van der Waals surface area (Å²) in [5.41, 5.74) is 6.63. The molecule has 0 saturated heterocycles. The van der Waals surface area contributed by atoms with Crippen LogP contribution in [0.2, 0.25) is 0 Å². The zero-order valence-electron chi connectivity index (χ0n) is 19.8. The Morgan fingerprint density at radius 3 is 2.67 bits per heavy atom. The van der Waals surface area contributed by atoms with E-state index in [1.165, 1.54) is 6.42 Å². The van der Waals surface area contributed by atoms with Crippen molar-refractivity contribution in [2.75, 3.05) is 13.6 Å². The molecule has 2 heterocycles. The molecule has 33 heavy (non-hydrogen) atoms. The van der Waals surface area contributed by atoms with Crippen LogP contribution in [0.3, 0.4) is 0 Å². The highest BCUT2D eigenvalue weighted by molar-refractivity contribution is 6.00. The van der Waals surface area contributed by atoms with Gasteiger partial charge in [-0.1, -0.05) is 37.5 Å². The summed E-state index contributed by atoms with van der Waals surface area (Å²) in [6.45, 7) is 17.0. The van der Waals surface area contributed by atoms with Gasteiger partial charge in [0.2, 0.25) is 0 Å². The summed E-state index contributed by atoms with van der Waals surface area (Å²) in [6, 6.07) is 6.76. The molecule has 6 nitrogen and oxygen atoms in total. The zero-order chi connectivity index (χ0) is 23.5. The van der Waals surface area contributed by atoms with Crippen molar-refractivity contribution in [3.05, 3.63) is 84.8 Å². The molecular weight excluding hydrogens is 408 g/mol. The number of hydrogen-bond acceptors (Lipinski definition) is 4. The maximum Gasteiger partial charge on any atom is 0.177 e. The fourth-order valence-corrected chi connectivity index (χ4v) is 4.00. The number of rotatable bonds is 8. The Labute approximate surface area is 196 Å². The Bertz CT molecular complexity index is 1230. The Morgan fingerprint density at radius 2 is 2.09 bits per heavy atom. The molecule has 2 aromatic rings. The number of allylic oxidation sites excluding steroid dienone is 3. The van der Waals surface area contributed by atoms with Gasteiger partial charge in [-0.15, -0.1) is 0 Å². The van der Waals surface area contributed by atoms with Gasteiger partial charge in [0.1, 0.15) is 0 Å². The van der Waals surface area contributed by atoms with Crippen LogP contribution in [-0.4, -0.2) is 40.1 Å². The smallest absolute Gasteiger partial charge is 0.177 e. The van der Waals surface area contributed by atoms with Crippen molar-refractivity contribution in [1.29, 1.82) is 0 Å². The third-order valence-electron chi connectivity index (χ3n) is 6.18. The first kappa shape index (κ1) is 22.5. The van der Waals surface area contributed by atoms with Crippen molar-refractivity contribution in [1.82, 2.24) is 19.8 Å². The van der Waals surface area contributed by atoms with Gasteiger partial charge < -0.3 is 14.8 Å². The molecule has 0 radical (unpaired) electrons. The molecule has 1 aliphatic carbocycles. The van der Waals surface area contributed by atoms with Gasteiger partial charge in [0, 0.05) is 19.3 Å². The average molecular weight is 441 g/mol. The molecule has 1 aliphatic heterocycles. The maximum absolute atomic E-state index is 5.04. The zero-order valence-corrected chi connectivity index (χ0v) is 19.8. The van der Waals surface area contributed by atoms with E-state index in [9.17, 15) is 0 Å². The van der Waals surface area contributed by atoms with Crippen molar-refractivity contribution < 1.29 is 0 Å². The molecule has 2 aliphatic rings. The standard InChI is InChI=1S/C27H32N6/c1-7-23(19(5)29-21-14-15-28-17-21)30-26(32(6)8-2)27-31-24-13-12-20(18(3)4)16-25(24)33(27)22-10-9-11-22/h7-8,12-14,16-17,22,29H,2-3,5,9-11,15H2,1,4,6H3/b23-7-,30-26?. The van der Waals surface area contributed by atoms with Crippen molar-refractivity contribution in [2.45, 2.75) is 39.2 Å². The monoisotopic (exact) mass is 440 g/mol. The molecular formula is C27H32N6. The van der Waals surface area contributed by atoms with Gasteiger partial charge >= 0.3 is 0 Å². The molecule has 0 atom stereocenters. The second-order valence-corrected chi connectivity index (χ2v) is 8.53. The number of fused-ring (bicyclic) bond motifs is 1. The van der Waals surface area contributed by atoms with E-state index in [1.54, 1.807) is 6.20 Å². The number of nitrogens with zero attached hydrogens (tertiary/aromatic N) is 5. The number of amidine groups is 1. The minimum atomic E-state index is 0.407. The topological polar surface area (TPSA) is 57.8 Å². The highest BCUT2D eigenvalue weighted by Gasteiger charge is 2.28. The molecule has 1 saturated carbocycles. The van der Waals surface area contributed by atoms with Crippen LogP contribution in [-0.2, 0) is 0 Å². The number of imidazole rings is 1. The molecule has 4 rings (SSSR count). The molecule has 0 bridgehead atoms. The number of nitrogens with one attached hydrogen (secondary N) is 1. The summed E-state index contributed by atoms with van der Waals surface area (Å²) in [7, 11) is 1.95. The van der Waals surface area contributed by atoms with Gasteiger partial charge in [0.05, 0.1) is 34.7 Å². The van der Waals surface area contributed by atoms with Crippen LogP contribution in [0.1, 0.15) is 50.5 Å². The second kappa shape index (κ2) is 9.45. The van der Waals surface area contributed by atoms with E-state index < -0.39 is 0 Å². The predicted octanol–water partition coefficient (Wildman–Crippen LogP) is 5.59. The van der Waals surface area contributed by atoms with Crippen LogP contribution in [0.25, 0.3) is 16.6 Å². The summed E-state index contributed by atoms with van der Waals surface area (Å²) < 4.78 is 2.35. The lowest BCUT2D eigenvalue weighted by Gasteiger charge is -2.30. The molecule has 1 fully saturated rings. The van der Waals surface area contributed by atoms with E-state index in [4.69, 9.17) is 9.98 Å². The number of benzene rings is 1. The first-order chi connectivity index (χ1) is 15.9. The molecule has 1 N–H and O–H groups in total. The Kier molecular flexibility index (Phi) is 6.45. The van der Waals surface area contributed by atoms with Crippen molar-refractivity contribution in [3.63, 3.8) is 0 Å². The summed E-state index contributed by atoms with van der Waals surface area (Å²) in [4.78, 5) is 16.2. The first-order valence-corrected chi connectivity index (χ1v) is 11.4. The Balaban J connectivity index is 1.83. The van der Waals surface area contributed by atoms with E-state index in [2.05, 4.69) is 52.8 Å². The van der Waals surface area contributed by atoms with Crippen LogP contribution < -0.4 is 5.32 Å². The second-order valence-electron chi connectivity index (χ2n) is 8.53. The summed E-state index contributed by atoms with van der Waals surface area (Å²) >= 11 is 0. The van der Waals surface area contributed by atoms with Gasteiger partial charge in [-0.3, -0.25) is 4.99 Å². The van der Waals surface area contributed by atoms with E-state index in [1.807, 2.05) is 44.2 Å². The third kappa shape index (κ3) is 4.46. The molecule has 170 valence electrons. The van der Waals surface area contributed by atoms with Gasteiger partial charge in [-0.05, 0) is 63.1 Å². The number of aliphatic imine (C=N–C) groups is 2. The summed E-state index contributed by atoms with van der Waals surface area (Å²) in [5, 5.41) is 3.31. The van der Waals surface area contributed by atoms with Gasteiger partial charge in [-0.2, -0.15) is 0 Å². The van der Waals surface area contributed by atoms with E-state index in [0.717, 1.165) is 58.1 Å². The van der Waals surface area contributed by atoms with Crippen LogP contribution in [0, 0.1) is 0 Å².